The molecule has 1 N–H and O–H groups in total. The molecule has 21 heavy (non-hydrogen) atoms. The molecule has 2 aromatic rings. The Balaban J connectivity index is 2.24. The van der Waals surface area contributed by atoms with Crippen molar-refractivity contribution in [2.75, 3.05) is 25.0 Å². The van der Waals surface area contributed by atoms with Gasteiger partial charge in [-0.15, -0.1) is 11.3 Å². The van der Waals surface area contributed by atoms with Crippen molar-refractivity contribution in [1.29, 1.82) is 0 Å². The molecule has 1 heterocycles. The number of methoxy groups -OCH3 is 1. The summed E-state index contributed by atoms with van der Waals surface area (Å²) in [5.41, 5.74) is 0.298. The minimum atomic E-state index is -3.64. The summed E-state index contributed by atoms with van der Waals surface area (Å²) in [5.74, 6) is 0.400. The molecule has 0 atom stereocenters. The summed E-state index contributed by atoms with van der Waals surface area (Å²) in [6, 6.07) is 7.96. The Morgan fingerprint density at radius 3 is 2.76 bits per heavy atom. The van der Waals surface area contributed by atoms with Crippen molar-refractivity contribution < 1.29 is 17.9 Å². The van der Waals surface area contributed by atoms with E-state index in [0.29, 0.717) is 29.7 Å². The van der Waals surface area contributed by atoms with E-state index in [-0.39, 0.29) is 4.21 Å². The van der Waals surface area contributed by atoms with E-state index >= 15 is 0 Å². The molecule has 0 saturated carbocycles. The van der Waals surface area contributed by atoms with E-state index in [1.807, 2.05) is 0 Å². The van der Waals surface area contributed by atoms with E-state index in [1.54, 1.807) is 30.7 Å². The highest BCUT2D eigenvalue weighted by Crippen LogP contribution is 2.30. The fourth-order valence-electron chi connectivity index (χ4n) is 1.55. The van der Waals surface area contributed by atoms with E-state index < -0.39 is 10.0 Å². The first-order chi connectivity index (χ1) is 10.0. The summed E-state index contributed by atoms with van der Waals surface area (Å²) in [6.45, 7) is 0.714. The van der Waals surface area contributed by atoms with Crippen LogP contribution in [0.2, 0.25) is 5.02 Å². The van der Waals surface area contributed by atoms with Gasteiger partial charge < -0.3 is 9.47 Å². The number of halogens is 1. The van der Waals surface area contributed by atoms with Crippen LogP contribution in [-0.2, 0) is 14.8 Å². The molecule has 1 aromatic heterocycles. The number of hydrogen-bond acceptors (Lipinski definition) is 5. The van der Waals surface area contributed by atoms with Gasteiger partial charge in [-0.25, -0.2) is 8.42 Å². The summed E-state index contributed by atoms with van der Waals surface area (Å²) >= 11 is 7.06. The third-order valence-corrected chi connectivity index (χ3v) is 5.49. The molecule has 0 bridgehead atoms. The molecule has 0 aliphatic heterocycles. The molecule has 8 heteroatoms. The number of sulfonamides is 1. The Labute approximate surface area is 132 Å². The number of thiophene rings is 1. The van der Waals surface area contributed by atoms with Gasteiger partial charge in [-0.3, -0.25) is 4.72 Å². The summed E-state index contributed by atoms with van der Waals surface area (Å²) in [6.07, 6.45) is 0. The van der Waals surface area contributed by atoms with Gasteiger partial charge in [0.05, 0.1) is 12.3 Å². The lowest BCUT2D eigenvalue weighted by Gasteiger charge is -2.13. The number of ether oxygens (including phenoxy) is 2. The lowest BCUT2D eigenvalue weighted by Crippen LogP contribution is -2.13. The van der Waals surface area contributed by atoms with Crippen LogP contribution in [0.1, 0.15) is 0 Å². The highest BCUT2D eigenvalue weighted by Gasteiger charge is 2.17. The third kappa shape index (κ3) is 4.34. The minimum Gasteiger partial charge on any atom is -0.489 e. The fraction of sp³-hybridized carbons (Fsp3) is 0.231. The standard InChI is InChI=1S/C13H14ClNO4S2/c1-18-6-7-19-12-5-4-10(14)9-11(12)15-21(16,17)13-3-2-8-20-13/h2-5,8-9,15H,6-7H2,1H3. The van der Waals surface area contributed by atoms with Gasteiger partial charge in [-0.2, -0.15) is 0 Å². The second-order valence-electron chi connectivity index (χ2n) is 4.02. The van der Waals surface area contributed by atoms with Crippen molar-refractivity contribution in [3.05, 3.63) is 40.7 Å². The zero-order chi connectivity index (χ0) is 15.3. The first kappa shape index (κ1) is 16.1. The summed E-state index contributed by atoms with van der Waals surface area (Å²) in [5, 5.41) is 2.11. The zero-order valence-corrected chi connectivity index (χ0v) is 13.6. The van der Waals surface area contributed by atoms with Gasteiger partial charge in [0.15, 0.2) is 0 Å². The van der Waals surface area contributed by atoms with Crippen molar-refractivity contribution in [3.63, 3.8) is 0 Å². The maximum Gasteiger partial charge on any atom is 0.271 e. The van der Waals surface area contributed by atoms with Gasteiger partial charge in [0.2, 0.25) is 0 Å². The van der Waals surface area contributed by atoms with Crippen molar-refractivity contribution >= 4 is 38.6 Å². The number of nitrogens with one attached hydrogen (secondary N) is 1. The van der Waals surface area contributed by atoms with Gasteiger partial charge in [0.25, 0.3) is 10.0 Å². The third-order valence-electron chi connectivity index (χ3n) is 2.49. The van der Waals surface area contributed by atoms with E-state index in [0.717, 1.165) is 11.3 Å². The van der Waals surface area contributed by atoms with Crippen LogP contribution in [-0.4, -0.2) is 28.7 Å². The second kappa shape index (κ2) is 7.13. The average Bonchev–Trinajstić information content (AvgIpc) is 2.96. The monoisotopic (exact) mass is 347 g/mol. The Kier molecular flexibility index (Phi) is 5.46. The number of hydrogen-bond donors (Lipinski definition) is 1. The van der Waals surface area contributed by atoms with E-state index in [1.165, 1.54) is 12.1 Å². The molecule has 114 valence electrons. The number of rotatable bonds is 7. The van der Waals surface area contributed by atoms with Crippen LogP contribution in [0.3, 0.4) is 0 Å². The molecule has 0 aliphatic carbocycles. The molecule has 0 radical (unpaired) electrons. The molecule has 2 rings (SSSR count). The number of benzene rings is 1. The van der Waals surface area contributed by atoms with Gasteiger partial charge >= 0.3 is 0 Å². The topological polar surface area (TPSA) is 64.6 Å². The van der Waals surface area contributed by atoms with Gasteiger partial charge in [0, 0.05) is 12.1 Å². The molecule has 0 saturated heterocycles. The first-order valence-electron chi connectivity index (χ1n) is 6.00. The van der Waals surface area contributed by atoms with Crippen LogP contribution in [0.5, 0.6) is 5.75 Å². The lowest BCUT2D eigenvalue weighted by molar-refractivity contribution is 0.146. The molecule has 0 amide bonds. The Morgan fingerprint density at radius 1 is 1.29 bits per heavy atom. The predicted molar refractivity (Wildman–Crippen MR) is 84.0 cm³/mol. The Bertz CT molecular complexity index is 686. The summed E-state index contributed by atoms with van der Waals surface area (Å²) in [7, 11) is -2.08. The molecule has 0 unspecified atom stereocenters. The molecular weight excluding hydrogens is 334 g/mol. The first-order valence-corrected chi connectivity index (χ1v) is 8.74. The fourth-order valence-corrected chi connectivity index (χ4v) is 3.78. The van der Waals surface area contributed by atoms with Crippen LogP contribution in [0.15, 0.2) is 39.9 Å². The van der Waals surface area contributed by atoms with Crippen molar-refractivity contribution in [1.82, 2.24) is 0 Å². The highest BCUT2D eigenvalue weighted by atomic mass is 35.5. The minimum absolute atomic E-state index is 0.227. The Hall–Kier alpha value is -1.28. The van der Waals surface area contributed by atoms with Gasteiger partial charge in [-0.05, 0) is 29.6 Å². The molecule has 5 nitrogen and oxygen atoms in total. The molecule has 0 fully saturated rings. The lowest BCUT2D eigenvalue weighted by atomic mass is 10.3. The van der Waals surface area contributed by atoms with Crippen LogP contribution < -0.4 is 9.46 Å². The smallest absolute Gasteiger partial charge is 0.271 e. The van der Waals surface area contributed by atoms with E-state index in [2.05, 4.69) is 4.72 Å². The molecule has 0 aliphatic rings. The van der Waals surface area contributed by atoms with Crippen molar-refractivity contribution in [2.45, 2.75) is 4.21 Å². The zero-order valence-electron chi connectivity index (χ0n) is 11.2. The second-order valence-corrected chi connectivity index (χ2v) is 7.31. The van der Waals surface area contributed by atoms with E-state index in [4.69, 9.17) is 21.1 Å². The largest absolute Gasteiger partial charge is 0.489 e. The van der Waals surface area contributed by atoms with Crippen molar-refractivity contribution in [2.24, 2.45) is 0 Å². The van der Waals surface area contributed by atoms with Gasteiger partial charge in [-0.1, -0.05) is 17.7 Å². The average molecular weight is 348 g/mol. The molecule has 1 aromatic carbocycles. The quantitative estimate of drug-likeness (QED) is 0.781. The SMILES string of the molecule is COCCOc1ccc(Cl)cc1NS(=O)(=O)c1cccs1. The Morgan fingerprint density at radius 2 is 2.10 bits per heavy atom. The van der Waals surface area contributed by atoms with Crippen LogP contribution >= 0.6 is 22.9 Å². The van der Waals surface area contributed by atoms with Gasteiger partial charge in [0.1, 0.15) is 16.6 Å². The van der Waals surface area contributed by atoms with E-state index in [9.17, 15) is 8.42 Å². The molecular formula is C13H14ClNO4S2. The van der Waals surface area contributed by atoms with Crippen LogP contribution in [0, 0.1) is 0 Å². The molecule has 0 spiro atoms. The predicted octanol–water partition coefficient (Wildman–Crippen LogP) is 3.23. The summed E-state index contributed by atoms with van der Waals surface area (Å²) < 4.78 is 37.6. The normalized spacial score (nSPS) is 11.3. The van der Waals surface area contributed by atoms with Crippen LogP contribution in [0.25, 0.3) is 0 Å². The maximum absolute atomic E-state index is 12.2. The van der Waals surface area contributed by atoms with Crippen molar-refractivity contribution in [3.8, 4) is 5.75 Å². The number of anilines is 1. The summed E-state index contributed by atoms with van der Waals surface area (Å²) in [4.78, 5) is 0. The maximum atomic E-state index is 12.2. The van der Waals surface area contributed by atoms with Crippen LogP contribution in [0.4, 0.5) is 5.69 Å². The highest BCUT2D eigenvalue weighted by molar-refractivity contribution is 7.94.